The molecule has 158 valence electrons. The average molecular weight is 480 g/mol. The SMILES string of the molecule is O=C(O)C1=CC=C(C2=NOC(c3cc(Cl)c(Cl)c(Cl)c3)(C(F)(F)F)C2)N2C=CCC12. The van der Waals surface area contributed by atoms with Crippen molar-refractivity contribution in [3.63, 3.8) is 0 Å². The van der Waals surface area contributed by atoms with Gasteiger partial charge in [0.1, 0.15) is 5.71 Å². The van der Waals surface area contributed by atoms with Crippen LogP contribution in [0.5, 0.6) is 0 Å². The van der Waals surface area contributed by atoms with Crippen molar-refractivity contribution in [2.24, 2.45) is 5.16 Å². The number of nitrogens with zero attached hydrogens (tertiary/aromatic N) is 2. The third kappa shape index (κ3) is 3.18. The van der Waals surface area contributed by atoms with Crippen molar-refractivity contribution in [2.45, 2.75) is 30.7 Å². The topological polar surface area (TPSA) is 62.1 Å². The maximum atomic E-state index is 14.2. The van der Waals surface area contributed by atoms with Gasteiger partial charge in [-0.15, -0.1) is 0 Å². The summed E-state index contributed by atoms with van der Waals surface area (Å²) in [5, 5.41) is 12.7. The molecule has 0 aliphatic carbocycles. The highest BCUT2D eigenvalue weighted by Gasteiger charge is 2.63. The van der Waals surface area contributed by atoms with Crippen LogP contribution in [0.3, 0.4) is 0 Å². The van der Waals surface area contributed by atoms with Crippen molar-refractivity contribution in [3.05, 3.63) is 68.5 Å². The Morgan fingerprint density at radius 1 is 1.23 bits per heavy atom. The number of aliphatic carboxylic acids is 1. The van der Waals surface area contributed by atoms with Crippen LogP contribution in [0.1, 0.15) is 18.4 Å². The zero-order chi connectivity index (χ0) is 21.8. The van der Waals surface area contributed by atoms with Gasteiger partial charge in [0.25, 0.3) is 5.60 Å². The van der Waals surface area contributed by atoms with Crippen molar-refractivity contribution in [1.82, 2.24) is 4.90 Å². The molecule has 3 aliphatic rings. The molecule has 2 unspecified atom stereocenters. The maximum Gasteiger partial charge on any atom is 0.435 e. The molecule has 0 bridgehead atoms. The first-order valence-corrected chi connectivity index (χ1v) is 9.76. The molecule has 0 saturated carbocycles. The summed E-state index contributed by atoms with van der Waals surface area (Å²) in [5.74, 6) is -1.09. The van der Waals surface area contributed by atoms with Crippen molar-refractivity contribution in [2.75, 3.05) is 0 Å². The van der Waals surface area contributed by atoms with Crippen LogP contribution in [0.25, 0.3) is 0 Å². The fourth-order valence-corrected chi connectivity index (χ4v) is 4.30. The van der Waals surface area contributed by atoms with Gasteiger partial charge < -0.3 is 14.8 Å². The van der Waals surface area contributed by atoms with E-state index >= 15 is 0 Å². The molecule has 4 rings (SSSR count). The van der Waals surface area contributed by atoms with Gasteiger partial charge in [-0.3, -0.25) is 0 Å². The predicted molar refractivity (Wildman–Crippen MR) is 106 cm³/mol. The van der Waals surface area contributed by atoms with Crippen LogP contribution in [-0.4, -0.2) is 33.9 Å². The first kappa shape index (κ1) is 21.1. The first-order chi connectivity index (χ1) is 14.0. The minimum Gasteiger partial charge on any atom is -0.478 e. The minimum atomic E-state index is -4.85. The lowest BCUT2D eigenvalue weighted by Crippen LogP contribution is -2.43. The molecule has 2 atom stereocenters. The van der Waals surface area contributed by atoms with E-state index in [1.165, 1.54) is 12.2 Å². The average Bonchev–Trinajstić information content (AvgIpc) is 3.32. The van der Waals surface area contributed by atoms with Crippen LogP contribution in [-0.2, 0) is 15.2 Å². The van der Waals surface area contributed by atoms with Crippen molar-refractivity contribution >= 4 is 46.5 Å². The van der Waals surface area contributed by atoms with Gasteiger partial charge in [0.2, 0.25) is 0 Å². The van der Waals surface area contributed by atoms with Crippen LogP contribution >= 0.6 is 34.8 Å². The Balaban J connectivity index is 1.75. The molecule has 0 spiro atoms. The highest BCUT2D eigenvalue weighted by Crippen LogP contribution is 2.51. The molecule has 0 aromatic heterocycles. The van der Waals surface area contributed by atoms with Crippen LogP contribution < -0.4 is 0 Å². The Labute approximate surface area is 183 Å². The third-order valence-corrected chi connectivity index (χ3v) is 6.39. The number of fused-ring (bicyclic) bond motifs is 1. The fourth-order valence-electron chi connectivity index (χ4n) is 3.70. The van der Waals surface area contributed by atoms with Gasteiger partial charge in [-0.25, -0.2) is 4.79 Å². The van der Waals surface area contributed by atoms with Gasteiger partial charge in [-0.05, 0) is 30.7 Å². The van der Waals surface area contributed by atoms with E-state index in [4.69, 9.17) is 39.6 Å². The van der Waals surface area contributed by atoms with E-state index in [-0.39, 0.29) is 31.9 Å². The summed E-state index contributed by atoms with van der Waals surface area (Å²) in [4.78, 5) is 18.0. The molecule has 0 radical (unpaired) electrons. The molecule has 1 aromatic carbocycles. The summed E-state index contributed by atoms with van der Waals surface area (Å²) in [6, 6.07) is 1.58. The molecular weight excluding hydrogens is 468 g/mol. The van der Waals surface area contributed by atoms with E-state index in [1.54, 1.807) is 17.2 Å². The highest BCUT2D eigenvalue weighted by molar-refractivity contribution is 6.48. The molecule has 3 aliphatic heterocycles. The predicted octanol–water partition coefficient (Wildman–Crippen LogP) is 5.68. The molecule has 3 heterocycles. The number of hydrogen-bond acceptors (Lipinski definition) is 4. The van der Waals surface area contributed by atoms with Crippen molar-refractivity contribution in [3.8, 4) is 0 Å². The van der Waals surface area contributed by atoms with Gasteiger partial charge in [-0.1, -0.05) is 46.0 Å². The van der Waals surface area contributed by atoms with Crippen molar-refractivity contribution < 1.29 is 27.9 Å². The maximum absolute atomic E-state index is 14.2. The van der Waals surface area contributed by atoms with E-state index in [0.717, 1.165) is 12.1 Å². The Kier molecular flexibility index (Phi) is 5.07. The van der Waals surface area contributed by atoms with Crippen LogP contribution in [0, 0.1) is 0 Å². The Morgan fingerprint density at radius 2 is 1.90 bits per heavy atom. The molecule has 5 nitrogen and oxygen atoms in total. The van der Waals surface area contributed by atoms with E-state index in [1.807, 2.05) is 0 Å². The molecule has 1 N–H and O–H groups in total. The lowest BCUT2D eigenvalue weighted by Gasteiger charge is -2.32. The van der Waals surface area contributed by atoms with Gasteiger partial charge in [0, 0.05) is 11.8 Å². The molecule has 30 heavy (non-hydrogen) atoms. The molecule has 0 fully saturated rings. The second-order valence-electron chi connectivity index (χ2n) is 6.91. The van der Waals surface area contributed by atoms with E-state index in [9.17, 15) is 23.1 Å². The monoisotopic (exact) mass is 478 g/mol. The number of alkyl halides is 3. The zero-order valence-corrected chi connectivity index (χ0v) is 17.1. The Morgan fingerprint density at radius 3 is 2.50 bits per heavy atom. The van der Waals surface area contributed by atoms with Gasteiger partial charge >= 0.3 is 12.1 Å². The van der Waals surface area contributed by atoms with E-state index in [0.29, 0.717) is 12.1 Å². The smallest absolute Gasteiger partial charge is 0.435 e. The number of benzene rings is 1. The second-order valence-corrected chi connectivity index (χ2v) is 8.10. The van der Waals surface area contributed by atoms with E-state index in [2.05, 4.69) is 5.16 Å². The summed E-state index contributed by atoms with van der Waals surface area (Å²) in [5.41, 5.74) is -2.65. The Bertz CT molecular complexity index is 1040. The fraction of sp³-hybridized carbons (Fsp3) is 0.263. The number of rotatable bonds is 3. The van der Waals surface area contributed by atoms with Gasteiger partial charge in [0.05, 0.1) is 38.8 Å². The lowest BCUT2D eigenvalue weighted by atomic mass is 9.86. The second kappa shape index (κ2) is 7.21. The molecule has 11 heteroatoms. The van der Waals surface area contributed by atoms with E-state index < -0.39 is 30.2 Å². The number of oxime groups is 1. The lowest BCUT2D eigenvalue weighted by molar-refractivity contribution is -0.275. The normalized spacial score (nSPS) is 25.5. The number of carbonyl (C=O) groups is 1. The minimum absolute atomic E-state index is 0.0201. The summed E-state index contributed by atoms with van der Waals surface area (Å²) < 4.78 is 42.6. The third-order valence-electron chi connectivity index (χ3n) is 5.20. The number of allylic oxidation sites excluding steroid dienone is 3. The molecular formula is C19H12Cl3F3N2O3. The summed E-state index contributed by atoms with van der Waals surface area (Å²) >= 11 is 17.8. The number of hydrogen-bond donors (Lipinski definition) is 1. The number of carboxylic acids is 1. The number of halogens is 6. The van der Waals surface area contributed by atoms with Gasteiger partial charge in [-0.2, -0.15) is 13.2 Å². The number of carboxylic acid groups (broad SMARTS) is 1. The van der Waals surface area contributed by atoms with Crippen LogP contribution in [0.15, 0.2) is 53.0 Å². The summed E-state index contributed by atoms with van der Waals surface area (Å²) in [6.45, 7) is 0. The summed E-state index contributed by atoms with van der Waals surface area (Å²) in [7, 11) is 0. The highest BCUT2D eigenvalue weighted by atomic mass is 35.5. The van der Waals surface area contributed by atoms with Crippen LogP contribution in [0.4, 0.5) is 13.2 Å². The van der Waals surface area contributed by atoms with Gasteiger partial charge in [0.15, 0.2) is 0 Å². The largest absolute Gasteiger partial charge is 0.478 e. The Hall–Kier alpha value is -2.16. The van der Waals surface area contributed by atoms with Crippen LogP contribution in [0.2, 0.25) is 15.1 Å². The molecule has 0 saturated heterocycles. The van der Waals surface area contributed by atoms with Crippen molar-refractivity contribution in [1.29, 1.82) is 0 Å². The first-order valence-electron chi connectivity index (χ1n) is 8.62. The standard InChI is InChI=1S/C19H12Cl3F3N2O3/c20-11-6-9(7-12(21)16(11)22)18(19(23,24)25)8-13(26-30-18)15-4-3-10(17(28)29)14-2-1-5-27(14)15/h1,3-7,14H,2,8H2,(H,28,29). The molecule has 0 amide bonds. The quantitative estimate of drug-likeness (QED) is 0.567. The zero-order valence-electron chi connectivity index (χ0n) is 14.9. The summed E-state index contributed by atoms with van der Waals surface area (Å²) in [6.07, 6.45) is 1.08. The molecule has 1 aromatic rings.